The smallest absolute Gasteiger partial charge is 0.448 e. The monoisotopic (exact) mass is 260 g/mol. The summed E-state index contributed by atoms with van der Waals surface area (Å²) in [5.74, 6) is 0.463. The van der Waals surface area contributed by atoms with Crippen LogP contribution >= 0.6 is 0 Å². The molecular weight excluding hydrogens is 244 g/mol. The number of carboxylic acid groups (broad SMARTS) is 1. The summed E-state index contributed by atoms with van der Waals surface area (Å²) in [6, 6.07) is 8.26. The van der Waals surface area contributed by atoms with Crippen molar-refractivity contribution < 1.29 is 14.7 Å². The zero-order valence-corrected chi connectivity index (χ0v) is 10.5. The maximum atomic E-state index is 10.5. The molecule has 1 aliphatic rings. The van der Waals surface area contributed by atoms with Gasteiger partial charge in [-0.05, 0) is 30.4 Å². The second-order valence-corrected chi connectivity index (χ2v) is 4.85. The lowest BCUT2D eigenvalue weighted by Gasteiger charge is -2.29. The summed E-state index contributed by atoms with van der Waals surface area (Å²) >= 11 is 0. The summed E-state index contributed by atoms with van der Waals surface area (Å²) in [7, 11) is 0. The predicted molar refractivity (Wildman–Crippen MR) is 71.0 cm³/mol. The molecule has 1 aromatic heterocycles. The highest BCUT2D eigenvalue weighted by molar-refractivity contribution is 5.83. The molecule has 5 heteroatoms. The van der Waals surface area contributed by atoms with Crippen LogP contribution in [-0.2, 0) is 4.84 Å². The lowest BCUT2D eigenvalue weighted by molar-refractivity contribution is -0.131. The number of aromatic amines is 1. The number of piperidine rings is 1. The maximum absolute atomic E-state index is 10.5. The van der Waals surface area contributed by atoms with E-state index < -0.39 is 6.16 Å². The number of nitrogens with zero attached hydrogens (tertiary/aromatic N) is 1. The third kappa shape index (κ3) is 2.42. The summed E-state index contributed by atoms with van der Waals surface area (Å²) in [5.41, 5.74) is 2.48. The number of hydrogen-bond acceptors (Lipinski definition) is 3. The minimum Gasteiger partial charge on any atom is -0.448 e. The van der Waals surface area contributed by atoms with E-state index in [1.54, 1.807) is 0 Å². The first-order chi connectivity index (χ1) is 9.24. The van der Waals surface area contributed by atoms with E-state index in [0.717, 1.165) is 18.4 Å². The van der Waals surface area contributed by atoms with E-state index in [4.69, 9.17) is 5.11 Å². The topological polar surface area (TPSA) is 65.6 Å². The predicted octanol–water partition coefficient (Wildman–Crippen LogP) is 2.96. The number of fused-ring (bicyclic) bond motifs is 1. The van der Waals surface area contributed by atoms with Crippen molar-refractivity contribution >= 4 is 17.1 Å². The normalized spacial score (nSPS) is 17.7. The fourth-order valence-electron chi connectivity index (χ4n) is 2.80. The third-order valence-corrected chi connectivity index (χ3v) is 3.72. The number of aromatic nitrogens is 1. The first-order valence-corrected chi connectivity index (χ1v) is 6.46. The molecule has 0 amide bonds. The van der Waals surface area contributed by atoms with Gasteiger partial charge < -0.3 is 14.9 Å². The Morgan fingerprint density at radius 2 is 2.05 bits per heavy atom. The molecule has 1 fully saturated rings. The molecule has 0 aliphatic carbocycles. The van der Waals surface area contributed by atoms with Crippen molar-refractivity contribution in [3.8, 4) is 0 Å². The van der Waals surface area contributed by atoms with Crippen LogP contribution in [0.25, 0.3) is 10.9 Å². The van der Waals surface area contributed by atoms with Gasteiger partial charge in [0.25, 0.3) is 0 Å². The molecule has 0 saturated carbocycles. The van der Waals surface area contributed by atoms with Crippen LogP contribution < -0.4 is 0 Å². The van der Waals surface area contributed by atoms with Crippen molar-refractivity contribution in [2.45, 2.75) is 18.8 Å². The average Bonchev–Trinajstić information content (AvgIpc) is 2.83. The summed E-state index contributed by atoms with van der Waals surface area (Å²) in [4.78, 5) is 18.5. The largest absolute Gasteiger partial charge is 0.525 e. The quantitative estimate of drug-likeness (QED) is 0.871. The van der Waals surface area contributed by atoms with E-state index >= 15 is 0 Å². The van der Waals surface area contributed by atoms with Crippen molar-refractivity contribution in [2.75, 3.05) is 13.1 Å². The van der Waals surface area contributed by atoms with Gasteiger partial charge in [-0.15, -0.1) is 5.06 Å². The molecule has 0 unspecified atom stereocenters. The van der Waals surface area contributed by atoms with Crippen LogP contribution in [-0.4, -0.2) is 34.4 Å². The highest BCUT2D eigenvalue weighted by Crippen LogP contribution is 2.32. The molecule has 1 aliphatic heterocycles. The lowest BCUT2D eigenvalue weighted by atomic mass is 9.90. The van der Waals surface area contributed by atoms with Crippen molar-refractivity contribution in [1.29, 1.82) is 0 Å². The Bertz CT molecular complexity index is 585. The Kier molecular flexibility index (Phi) is 3.13. The zero-order chi connectivity index (χ0) is 13.2. The van der Waals surface area contributed by atoms with Gasteiger partial charge in [-0.25, -0.2) is 4.79 Å². The average molecular weight is 260 g/mol. The van der Waals surface area contributed by atoms with Crippen LogP contribution in [0.4, 0.5) is 4.79 Å². The number of para-hydroxylation sites is 1. The lowest BCUT2D eigenvalue weighted by Crippen LogP contribution is -2.34. The van der Waals surface area contributed by atoms with Crippen molar-refractivity contribution in [3.63, 3.8) is 0 Å². The van der Waals surface area contributed by atoms with Gasteiger partial charge in [-0.2, -0.15) is 0 Å². The van der Waals surface area contributed by atoms with E-state index in [9.17, 15) is 4.79 Å². The molecular formula is C14H16N2O3. The van der Waals surface area contributed by atoms with Crippen LogP contribution in [0.1, 0.15) is 24.3 Å². The first-order valence-electron chi connectivity index (χ1n) is 6.46. The highest BCUT2D eigenvalue weighted by atomic mass is 16.8. The molecule has 0 radical (unpaired) electrons. The van der Waals surface area contributed by atoms with E-state index in [1.165, 1.54) is 16.0 Å². The SMILES string of the molecule is O=C(O)ON1CCC(c2c[nH]c3ccccc23)CC1. The number of carbonyl (C=O) groups is 1. The number of rotatable bonds is 2. The Morgan fingerprint density at radius 1 is 1.32 bits per heavy atom. The second-order valence-electron chi connectivity index (χ2n) is 4.85. The summed E-state index contributed by atoms with van der Waals surface area (Å²) < 4.78 is 0. The second kappa shape index (κ2) is 4.93. The zero-order valence-electron chi connectivity index (χ0n) is 10.5. The maximum Gasteiger partial charge on any atom is 0.525 e. The molecule has 0 atom stereocenters. The van der Waals surface area contributed by atoms with Crippen molar-refractivity contribution in [2.24, 2.45) is 0 Å². The minimum absolute atomic E-state index is 0.463. The van der Waals surface area contributed by atoms with Gasteiger partial charge in [0.2, 0.25) is 0 Å². The summed E-state index contributed by atoms with van der Waals surface area (Å²) in [5, 5.41) is 11.4. The Morgan fingerprint density at radius 3 is 2.79 bits per heavy atom. The molecule has 0 bridgehead atoms. The molecule has 2 N–H and O–H groups in total. The van der Waals surface area contributed by atoms with Gasteiger partial charge in [0.05, 0.1) is 0 Å². The minimum atomic E-state index is -1.23. The van der Waals surface area contributed by atoms with Gasteiger partial charge >= 0.3 is 6.16 Å². The van der Waals surface area contributed by atoms with Crippen LogP contribution in [0.15, 0.2) is 30.5 Å². The fourth-order valence-corrected chi connectivity index (χ4v) is 2.80. The molecule has 2 aromatic rings. The standard InChI is InChI=1S/C14H16N2O3/c17-14(18)19-16-7-5-10(6-8-16)12-9-15-13-4-2-1-3-11(12)13/h1-4,9-10,15H,5-8H2,(H,17,18). The molecule has 19 heavy (non-hydrogen) atoms. The summed E-state index contributed by atoms with van der Waals surface area (Å²) in [6.45, 7) is 1.30. The van der Waals surface area contributed by atoms with E-state index in [1.807, 2.05) is 12.1 Å². The number of nitrogens with one attached hydrogen (secondary N) is 1. The molecule has 1 aromatic carbocycles. The molecule has 100 valence electrons. The van der Waals surface area contributed by atoms with Gasteiger partial charge in [-0.1, -0.05) is 18.2 Å². The number of hydrogen-bond donors (Lipinski definition) is 2. The van der Waals surface area contributed by atoms with Crippen LogP contribution in [0, 0.1) is 0 Å². The van der Waals surface area contributed by atoms with Gasteiger partial charge in [0, 0.05) is 30.2 Å². The summed E-state index contributed by atoms with van der Waals surface area (Å²) in [6.07, 6.45) is 2.67. The highest BCUT2D eigenvalue weighted by Gasteiger charge is 2.24. The van der Waals surface area contributed by atoms with Gasteiger partial charge in [-0.3, -0.25) is 0 Å². The van der Waals surface area contributed by atoms with E-state index in [2.05, 4.69) is 28.2 Å². The van der Waals surface area contributed by atoms with Crippen molar-refractivity contribution in [3.05, 3.63) is 36.0 Å². The van der Waals surface area contributed by atoms with E-state index in [-0.39, 0.29) is 0 Å². The molecule has 2 heterocycles. The Balaban J connectivity index is 1.73. The number of H-pyrrole nitrogens is 1. The van der Waals surface area contributed by atoms with Crippen molar-refractivity contribution in [1.82, 2.24) is 10.0 Å². The van der Waals surface area contributed by atoms with E-state index in [0.29, 0.717) is 19.0 Å². The van der Waals surface area contributed by atoms with Gasteiger partial charge in [0.15, 0.2) is 0 Å². The third-order valence-electron chi connectivity index (χ3n) is 3.72. The fraction of sp³-hybridized carbons (Fsp3) is 0.357. The molecule has 0 spiro atoms. The Labute approximate surface area is 110 Å². The number of benzene rings is 1. The van der Waals surface area contributed by atoms with Crippen LogP contribution in [0.5, 0.6) is 0 Å². The Hall–Kier alpha value is -2.01. The molecule has 1 saturated heterocycles. The first kappa shape index (κ1) is 12.0. The molecule has 5 nitrogen and oxygen atoms in total. The van der Waals surface area contributed by atoms with Crippen LogP contribution in [0.3, 0.4) is 0 Å². The van der Waals surface area contributed by atoms with Crippen LogP contribution in [0.2, 0.25) is 0 Å². The molecule has 3 rings (SSSR count). The number of hydroxylamine groups is 2. The van der Waals surface area contributed by atoms with Gasteiger partial charge in [0.1, 0.15) is 0 Å².